The van der Waals surface area contributed by atoms with Crippen LogP contribution in [0.1, 0.15) is 19.8 Å². The number of aliphatic hydroxyl groups is 1. The van der Waals surface area contributed by atoms with Gasteiger partial charge in [0.2, 0.25) is 5.82 Å². The van der Waals surface area contributed by atoms with E-state index >= 15 is 0 Å². The molecule has 0 bridgehead atoms. The van der Waals surface area contributed by atoms with Crippen molar-refractivity contribution in [2.45, 2.75) is 19.8 Å². The third-order valence-electron chi connectivity index (χ3n) is 2.71. The molecular formula is C12H16F2N2O3. The van der Waals surface area contributed by atoms with Gasteiger partial charge < -0.3 is 10.4 Å². The van der Waals surface area contributed by atoms with Gasteiger partial charge in [-0.05, 0) is 18.8 Å². The zero-order valence-electron chi connectivity index (χ0n) is 10.5. The lowest BCUT2D eigenvalue weighted by atomic mass is 10.1. The fraction of sp³-hybridized carbons (Fsp3) is 0.500. The van der Waals surface area contributed by atoms with E-state index in [1.165, 1.54) is 0 Å². The maximum absolute atomic E-state index is 13.3. The van der Waals surface area contributed by atoms with Crippen molar-refractivity contribution in [2.24, 2.45) is 5.92 Å². The van der Waals surface area contributed by atoms with Gasteiger partial charge in [-0.2, -0.15) is 4.39 Å². The van der Waals surface area contributed by atoms with E-state index in [0.717, 1.165) is 12.5 Å². The van der Waals surface area contributed by atoms with E-state index in [0.29, 0.717) is 19.0 Å². The van der Waals surface area contributed by atoms with Gasteiger partial charge in [-0.1, -0.05) is 6.92 Å². The first kappa shape index (κ1) is 15.3. The second kappa shape index (κ2) is 6.98. The van der Waals surface area contributed by atoms with Crippen LogP contribution in [-0.2, 0) is 0 Å². The smallest absolute Gasteiger partial charge is 0.327 e. The molecule has 1 unspecified atom stereocenters. The van der Waals surface area contributed by atoms with Gasteiger partial charge in [0.1, 0.15) is 11.5 Å². The summed E-state index contributed by atoms with van der Waals surface area (Å²) < 4.78 is 26.3. The van der Waals surface area contributed by atoms with Gasteiger partial charge in [0, 0.05) is 25.3 Å². The number of rotatable bonds is 7. The Morgan fingerprint density at radius 2 is 2.16 bits per heavy atom. The Hall–Kier alpha value is -1.76. The first-order chi connectivity index (χ1) is 8.95. The molecule has 0 aliphatic heterocycles. The predicted molar refractivity (Wildman–Crippen MR) is 67.0 cm³/mol. The van der Waals surface area contributed by atoms with Crippen molar-refractivity contribution in [1.82, 2.24) is 0 Å². The minimum atomic E-state index is -1.20. The number of aliphatic hydroxyl groups excluding tert-OH is 1. The van der Waals surface area contributed by atoms with Crippen molar-refractivity contribution in [3.05, 3.63) is 33.9 Å². The number of hydrogen-bond acceptors (Lipinski definition) is 4. The number of benzene rings is 1. The van der Waals surface area contributed by atoms with Crippen LogP contribution in [0.4, 0.5) is 20.2 Å². The molecule has 0 amide bonds. The Bertz CT molecular complexity index is 455. The Balaban J connectivity index is 2.69. The normalized spacial score (nSPS) is 12.2. The quantitative estimate of drug-likeness (QED) is 0.455. The number of nitrogens with one attached hydrogen (secondary N) is 1. The van der Waals surface area contributed by atoms with Crippen molar-refractivity contribution < 1.29 is 18.8 Å². The highest BCUT2D eigenvalue weighted by molar-refractivity contribution is 5.62. The van der Waals surface area contributed by atoms with Crippen LogP contribution in [0.15, 0.2) is 12.1 Å². The van der Waals surface area contributed by atoms with Gasteiger partial charge >= 0.3 is 5.69 Å². The predicted octanol–water partition coefficient (Wildman–Crippen LogP) is 2.69. The van der Waals surface area contributed by atoms with Crippen LogP contribution in [0.2, 0.25) is 0 Å². The van der Waals surface area contributed by atoms with Crippen molar-refractivity contribution in [3.8, 4) is 0 Å². The zero-order valence-corrected chi connectivity index (χ0v) is 10.5. The molecule has 0 radical (unpaired) electrons. The molecule has 19 heavy (non-hydrogen) atoms. The average Bonchev–Trinajstić information content (AvgIpc) is 2.32. The lowest BCUT2D eigenvalue weighted by Gasteiger charge is -2.10. The summed E-state index contributed by atoms with van der Waals surface area (Å²) in [6.45, 7) is 2.27. The molecule has 2 N–H and O–H groups in total. The number of halogens is 2. The highest BCUT2D eigenvalue weighted by Crippen LogP contribution is 2.28. The van der Waals surface area contributed by atoms with Crippen LogP contribution >= 0.6 is 0 Å². The van der Waals surface area contributed by atoms with Crippen LogP contribution in [0, 0.1) is 27.7 Å². The molecule has 1 aromatic carbocycles. The van der Waals surface area contributed by atoms with Gasteiger partial charge in [-0.25, -0.2) is 4.39 Å². The molecule has 0 aliphatic rings. The molecule has 106 valence electrons. The Kier molecular flexibility index (Phi) is 5.62. The number of nitro groups is 1. The minimum Gasteiger partial charge on any atom is -0.396 e. The monoisotopic (exact) mass is 274 g/mol. The summed E-state index contributed by atoms with van der Waals surface area (Å²) in [6, 6.07) is 1.38. The molecule has 0 spiro atoms. The molecular weight excluding hydrogens is 258 g/mol. The second-order valence-corrected chi connectivity index (χ2v) is 4.40. The topological polar surface area (TPSA) is 75.4 Å². The Labute approximate surface area is 109 Å². The molecule has 5 nitrogen and oxygen atoms in total. The third kappa shape index (κ3) is 4.44. The molecule has 1 aromatic rings. The minimum absolute atomic E-state index is 0.0642. The lowest BCUT2D eigenvalue weighted by molar-refractivity contribution is -0.386. The van der Waals surface area contributed by atoms with Gasteiger partial charge in [-0.15, -0.1) is 0 Å². The first-order valence-electron chi connectivity index (χ1n) is 5.94. The van der Waals surface area contributed by atoms with Gasteiger partial charge in [-0.3, -0.25) is 10.1 Å². The van der Waals surface area contributed by atoms with E-state index in [1.807, 2.05) is 6.92 Å². The Morgan fingerprint density at radius 3 is 2.74 bits per heavy atom. The van der Waals surface area contributed by atoms with Gasteiger partial charge in [0.05, 0.1) is 4.92 Å². The van der Waals surface area contributed by atoms with E-state index in [-0.39, 0.29) is 18.2 Å². The maximum Gasteiger partial charge on any atom is 0.327 e. The first-order valence-corrected chi connectivity index (χ1v) is 5.94. The third-order valence-corrected chi connectivity index (χ3v) is 2.71. The maximum atomic E-state index is 13.3. The number of nitrogens with zero attached hydrogens (tertiary/aromatic N) is 1. The number of hydrogen-bond donors (Lipinski definition) is 2. The van der Waals surface area contributed by atoms with E-state index in [4.69, 9.17) is 5.11 Å². The van der Waals surface area contributed by atoms with Crippen molar-refractivity contribution in [1.29, 1.82) is 0 Å². The highest BCUT2D eigenvalue weighted by atomic mass is 19.1. The van der Waals surface area contributed by atoms with E-state index in [9.17, 15) is 18.9 Å². The van der Waals surface area contributed by atoms with Crippen LogP contribution in [0.25, 0.3) is 0 Å². The van der Waals surface area contributed by atoms with Crippen LogP contribution in [0.5, 0.6) is 0 Å². The van der Waals surface area contributed by atoms with Gasteiger partial charge in [0.25, 0.3) is 0 Å². The molecule has 1 atom stereocenters. The number of nitro benzene ring substituents is 1. The summed E-state index contributed by atoms with van der Waals surface area (Å²) in [7, 11) is 0. The fourth-order valence-electron chi connectivity index (χ4n) is 1.65. The molecule has 0 aromatic heterocycles. The molecule has 0 saturated carbocycles. The van der Waals surface area contributed by atoms with E-state index in [2.05, 4.69) is 5.32 Å². The van der Waals surface area contributed by atoms with Crippen LogP contribution in [0.3, 0.4) is 0 Å². The largest absolute Gasteiger partial charge is 0.396 e. The van der Waals surface area contributed by atoms with Crippen molar-refractivity contribution >= 4 is 11.4 Å². The molecule has 0 saturated heterocycles. The molecule has 0 fully saturated rings. The highest BCUT2D eigenvalue weighted by Gasteiger charge is 2.21. The van der Waals surface area contributed by atoms with E-state index < -0.39 is 22.2 Å². The Morgan fingerprint density at radius 1 is 1.47 bits per heavy atom. The molecule has 0 heterocycles. The standard InChI is InChI=1S/C12H16F2N2O3/c1-8(7-17)3-2-4-15-11-6-9(13)5-10(14)12(11)16(18)19/h5-6,8,15,17H,2-4,7H2,1H3. The fourth-order valence-corrected chi connectivity index (χ4v) is 1.65. The van der Waals surface area contributed by atoms with Gasteiger partial charge in [0.15, 0.2) is 0 Å². The number of anilines is 1. The summed E-state index contributed by atoms with van der Waals surface area (Å²) in [5, 5.41) is 22.2. The second-order valence-electron chi connectivity index (χ2n) is 4.40. The van der Waals surface area contributed by atoms with Crippen LogP contribution < -0.4 is 5.32 Å². The SMILES string of the molecule is CC(CO)CCCNc1cc(F)cc(F)c1[N+](=O)[O-]. The zero-order chi connectivity index (χ0) is 14.4. The summed E-state index contributed by atoms with van der Waals surface area (Å²) in [4.78, 5) is 9.83. The van der Waals surface area contributed by atoms with Crippen LogP contribution in [-0.4, -0.2) is 23.2 Å². The summed E-state index contributed by atoms with van der Waals surface area (Å²) in [5.41, 5.74) is -0.921. The molecule has 7 heteroatoms. The summed E-state index contributed by atoms with van der Waals surface area (Å²) >= 11 is 0. The molecule has 1 rings (SSSR count). The lowest BCUT2D eigenvalue weighted by Crippen LogP contribution is -2.09. The molecule has 0 aliphatic carbocycles. The van der Waals surface area contributed by atoms with Crippen molar-refractivity contribution in [2.75, 3.05) is 18.5 Å². The summed E-state index contributed by atoms with van der Waals surface area (Å²) in [6.07, 6.45) is 1.35. The summed E-state index contributed by atoms with van der Waals surface area (Å²) in [5.74, 6) is -1.94. The van der Waals surface area contributed by atoms with E-state index in [1.54, 1.807) is 0 Å². The van der Waals surface area contributed by atoms with Crippen molar-refractivity contribution in [3.63, 3.8) is 0 Å². The average molecular weight is 274 g/mol.